The van der Waals surface area contributed by atoms with Crippen molar-refractivity contribution in [3.63, 3.8) is 0 Å². The molecule has 0 amide bonds. The number of methoxy groups -OCH3 is 1. The van der Waals surface area contributed by atoms with Crippen LogP contribution in [0, 0.1) is 0 Å². The van der Waals surface area contributed by atoms with E-state index in [1.807, 2.05) is 0 Å². The minimum atomic E-state index is -2.26. The topological polar surface area (TPSA) is 215 Å². The van der Waals surface area contributed by atoms with Gasteiger partial charge >= 0.3 is 0 Å². The first kappa shape index (κ1) is 34.2. The summed E-state index contributed by atoms with van der Waals surface area (Å²) in [4.78, 5) is 40.9. The number of rotatable bonds is 6. The van der Waals surface area contributed by atoms with E-state index in [2.05, 4.69) is 0 Å². The highest BCUT2D eigenvalue weighted by Crippen LogP contribution is 2.53. The Bertz CT molecular complexity index is 1560. The number of phenolic OH excluding ortho intramolecular Hbond substituents is 2. The van der Waals surface area contributed by atoms with E-state index in [-0.39, 0.29) is 52.9 Å². The van der Waals surface area contributed by atoms with E-state index in [4.69, 9.17) is 24.7 Å². The maximum absolute atomic E-state index is 14.2. The molecule has 7 N–H and O–H groups in total. The van der Waals surface area contributed by atoms with Crippen LogP contribution in [-0.4, -0.2) is 93.3 Å². The van der Waals surface area contributed by atoms with Gasteiger partial charge in [0.1, 0.15) is 29.5 Å². The van der Waals surface area contributed by atoms with Crippen LogP contribution in [0.4, 0.5) is 0 Å². The molecule has 14 heteroatoms. The number of aromatic hydroxyl groups is 2. The van der Waals surface area contributed by atoms with Crippen molar-refractivity contribution < 1.29 is 58.9 Å². The van der Waals surface area contributed by atoms with Crippen LogP contribution in [0.5, 0.6) is 17.2 Å². The molecular weight excluding hydrogens is 626 g/mol. The Morgan fingerprint density at radius 1 is 1.11 bits per heavy atom. The first-order valence-corrected chi connectivity index (χ1v) is 15.0. The Labute approximate surface area is 270 Å². The monoisotopic (exact) mass is 663 g/mol. The average Bonchev–Trinajstić information content (AvgIpc) is 3.03. The van der Waals surface area contributed by atoms with Crippen molar-refractivity contribution in [1.29, 1.82) is 0 Å². The first-order chi connectivity index (χ1) is 21.4. The van der Waals surface area contributed by atoms with E-state index in [1.54, 1.807) is 13.0 Å². The van der Waals surface area contributed by atoms with Gasteiger partial charge in [0.05, 0.1) is 48.2 Å². The quantitative estimate of drug-likeness (QED) is 0.207. The number of aliphatic hydroxyl groups is 3. The van der Waals surface area contributed by atoms with Crippen molar-refractivity contribution >= 4 is 29.8 Å². The van der Waals surface area contributed by atoms with Gasteiger partial charge in [-0.05, 0) is 32.3 Å². The largest absolute Gasteiger partial charge is 0.507 e. The number of benzene rings is 2. The lowest BCUT2D eigenvalue weighted by atomic mass is 9.71. The van der Waals surface area contributed by atoms with Crippen molar-refractivity contribution in [2.45, 2.75) is 87.8 Å². The van der Waals surface area contributed by atoms with E-state index >= 15 is 0 Å². The lowest BCUT2D eigenvalue weighted by molar-refractivity contribution is -0.247. The summed E-state index contributed by atoms with van der Waals surface area (Å²) in [5.74, 6) is -3.76. The second-order valence-corrected chi connectivity index (χ2v) is 12.2. The highest BCUT2D eigenvalue weighted by Gasteiger charge is 2.50. The normalized spacial score (nSPS) is 30.5. The summed E-state index contributed by atoms with van der Waals surface area (Å²) >= 11 is 0. The van der Waals surface area contributed by atoms with Crippen LogP contribution in [-0.2, 0) is 25.4 Å². The van der Waals surface area contributed by atoms with Gasteiger partial charge < -0.3 is 50.2 Å². The number of hydrogen-bond acceptors (Lipinski definition) is 13. The molecule has 7 atom stereocenters. The van der Waals surface area contributed by atoms with Crippen LogP contribution >= 0.6 is 12.4 Å². The zero-order valence-electron chi connectivity index (χ0n) is 25.4. The Hall–Kier alpha value is -3.14. The highest BCUT2D eigenvalue weighted by molar-refractivity contribution is 6.31. The molecule has 0 saturated carbocycles. The molecule has 2 saturated heterocycles. The number of ether oxygens (including phenoxy) is 4. The molecule has 0 bridgehead atoms. The lowest BCUT2D eigenvalue weighted by Crippen LogP contribution is -2.53. The van der Waals surface area contributed by atoms with Crippen molar-refractivity contribution in [2.75, 3.05) is 20.3 Å². The van der Waals surface area contributed by atoms with Crippen molar-refractivity contribution in [1.82, 2.24) is 0 Å². The molecular formula is C32H38ClNO12. The molecule has 4 aliphatic rings. The summed E-state index contributed by atoms with van der Waals surface area (Å²) < 4.78 is 23.5. The van der Waals surface area contributed by atoms with Crippen LogP contribution in [0.2, 0.25) is 0 Å². The summed E-state index contributed by atoms with van der Waals surface area (Å²) in [6.07, 6.45) is -3.09. The Kier molecular flexibility index (Phi) is 9.53. The summed E-state index contributed by atoms with van der Waals surface area (Å²) in [6, 6.07) is 2.37. The zero-order chi connectivity index (χ0) is 32.4. The second-order valence-electron chi connectivity index (χ2n) is 12.2. The SMILES string of the molecule is COc1c(C2CCCCO2)ccc2c1C(=O)c1c(O)c3c(c(O)c1C2=O)C[C@@](O)(C(=O)CO)C[C@@H]3O[C@H]1C[C@H](N)[C@H](O)[C@H](C)O1.Cl. The van der Waals surface area contributed by atoms with Gasteiger partial charge in [-0.1, -0.05) is 6.07 Å². The molecule has 6 rings (SSSR count). The molecule has 2 aliphatic heterocycles. The minimum absolute atomic E-state index is 0. The van der Waals surface area contributed by atoms with Crippen LogP contribution in [0.1, 0.15) is 99.8 Å². The number of ketones is 3. The van der Waals surface area contributed by atoms with Gasteiger partial charge in [0.2, 0.25) is 5.78 Å². The molecule has 2 fully saturated rings. The molecule has 2 aliphatic carbocycles. The number of carbonyl (C=O) groups is 3. The van der Waals surface area contributed by atoms with Crippen LogP contribution in [0.25, 0.3) is 0 Å². The smallest absolute Gasteiger partial charge is 0.202 e. The van der Waals surface area contributed by atoms with Gasteiger partial charge in [-0.3, -0.25) is 14.4 Å². The first-order valence-electron chi connectivity index (χ1n) is 15.0. The molecule has 0 aromatic heterocycles. The third-order valence-electron chi connectivity index (χ3n) is 9.48. The molecule has 0 spiro atoms. The molecule has 2 aromatic rings. The maximum Gasteiger partial charge on any atom is 0.202 e. The predicted octanol–water partition coefficient (Wildman–Crippen LogP) is 1.66. The number of aliphatic hydroxyl groups excluding tert-OH is 2. The number of hydrogen-bond donors (Lipinski definition) is 6. The average molecular weight is 664 g/mol. The van der Waals surface area contributed by atoms with Crippen LogP contribution in [0.15, 0.2) is 12.1 Å². The van der Waals surface area contributed by atoms with Gasteiger partial charge in [0.25, 0.3) is 0 Å². The van der Waals surface area contributed by atoms with E-state index < -0.39 is 95.7 Å². The number of phenols is 2. The fourth-order valence-electron chi connectivity index (χ4n) is 7.10. The molecule has 2 heterocycles. The second kappa shape index (κ2) is 12.8. The standard InChI is InChI=1S/C32H37NO12.ClH/c1-13-26(36)17(33)9-21(44-13)45-19-11-32(41,20(35)12-34)10-16-22(19)29(39)25-24(28(16)38)27(37)15-7-6-14(18-5-3-4-8-43-18)31(42-2)23(15)30(25)40;/h6-7,13,17-19,21,26,34,36,38-39,41H,3-5,8-12,33H2,1-2H3;1H/t13-,17-,18?,19-,21-,26+,32-;/m0./s1. The fraction of sp³-hybridized carbons (Fsp3) is 0.531. The molecule has 2 aromatic carbocycles. The van der Waals surface area contributed by atoms with Crippen molar-refractivity contribution in [3.8, 4) is 17.2 Å². The van der Waals surface area contributed by atoms with Gasteiger partial charge in [0.15, 0.2) is 17.9 Å². The number of Topliss-reactive ketones (excluding diaryl/α,β-unsaturated/α-hetero) is 1. The third-order valence-corrected chi connectivity index (χ3v) is 9.48. The van der Waals surface area contributed by atoms with E-state index in [1.165, 1.54) is 13.2 Å². The predicted molar refractivity (Wildman–Crippen MR) is 162 cm³/mol. The number of nitrogens with two attached hydrogens (primary N) is 1. The summed E-state index contributed by atoms with van der Waals surface area (Å²) in [5, 5.41) is 54.6. The van der Waals surface area contributed by atoms with E-state index in [9.17, 15) is 39.9 Å². The van der Waals surface area contributed by atoms with E-state index in [0.717, 1.165) is 12.8 Å². The number of carbonyl (C=O) groups excluding carboxylic acids is 3. The Morgan fingerprint density at radius 2 is 1.83 bits per heavy atom. The van der Waals surface area contributed by atoms with Gasteiger partial charge in [0, 0.05) is 54.2 Å². The summed E-state index contributed by atoms with van der Waals surface area (Å²) in [7, 11) is 1.37. The van der Waals surface area contributed by atoms with Gasteiger partial charge in [-0.2, -0.15) is 0 Å². The molecule has 46 heavy (non-hydrogen) atoms. The molecule has 0 radical (unpaired) electrons. The third kappa shape index (κ3) is 5.38. The molecule has 13 nitrogen and oxygen atoms in total. The van der Waals surface area contributed by atoms with Gasteiger partial charge in [-0.25, -0.2) is 0 Å². The lowest BCUT2D eigenvalue weighted by Gasteiger charge is -2.42. The van der Waals surface area contributed by atoms with E-state index in [0.29, 0.717) is 18.6 Å². The Morgan fingerprint density at radius 3 is 2.46 bits per heavy atom. The summed E-state index contributed by atoms with van der Waals surface area (Å²) in [5.41, 5.74) is 2.98. The Balaban J connectivity index is 0.00000417. The number of fused-ring (bicyclic) bond motifs is 3. The number of halogens is 1. The van der Waals surface area contributed by atoms with Crippen molar-refractivity contribution in [3.05, 3.63) is 51.1 Å². The van der Waals surface area contributed by atoms with Crippen LogP contribution in [0.3, 0.4) is 0 Å². The molecule has 1 unspecified atom stereocenters. The minimum Gasteiger partial charge on any atom is -0.507 e. The molecule has 250 valence electrons. The van der Waals surface area contributed by atoms with Crippen molar-refractivity contribution in [2.24, 2.45) is 5.73 Å². The highest BCUT2D eigenvalue weighted by atomic mass is 35.5. The van der Waals surface area contributed by atoms with Gasteiger partial charge in [-0.15, -0.1) is 12.4 Å². The zero-order valence-corrected chi connectivity index (χ0v) is 26.2. The van der Waals surface area contributed by atoms with Crippen LogP contribution < -0.4 is 10.5 Å². The summed E-state index contributed by atoms with van der Waals surface area (Å²) in [6.45, 7) is 1.09. The maximum atomic E-state index is 14.2. The fourth-order valence-corrected chi connectivity index (χ4v) is 7.10.